The van der Waals surface area contributed by atoms with Crippen LogP contribution in [0.3, 0.4) is 0 Å². The molecule has 0 aliphatic rings. The minimum Gasteiger partial charge on any atom is -0.0856 e. The van der Waals surface area contributed by atoms with Gasteiger partial charge in [0.15, 0.2) is 0 Å². The number of allylic oxidation sites excluding steroid dienone is 2. The second-order valence-corrected chi connectivity index (χ2v) is 3.03. The predicted molar refractivity (Wildman–Crippen MR) is 43.5 cm³/mol. The molecule has 0 spiro atoms. The van der Waals surface area contributed by atoms with Crippen molar-refractivity contribution in [1.82, 2.24) is 0 Å². The van der Waals surface area contributed by atoms with Gasteiger partial charge in [-0.05, 0) is 26.2 Å². The van der Waals surface area contributed by atoms with E-state index in [2.05, 4.69) is 33.8 Å². The lowest BCUT2D eigenvalue weighted by atomic mass is 10.0. The monoisotopic (exact) mass is 126 g/mol. The number of rotatable bonds is 3. The molecule has 1 atom stereocenters. The Morgan fingerprint density at radius 1 is 1.44 bits per heavy atom. The third-order valence-electron chi connectivity index (χ3n) is 1.63. The number of hydrogen-bond donors (Lipinski definition) is 0. The van der Waals surface area contributed by atoms with Gasteiger partial charge in [0.05, 0.1) is 0 Å². The smallest absolute Gasteiger partial charge is 0.0322 e. The van der Waals surface area contributed by atoms with Gasteiger partial charge in [-0.2, -0.15) is 0 Å². The Kier molecular flexibility index (Phi) is 4.47. The molecule has 0 amide bonds. The zero-order valence-corrected chi connectivity index (χ0v) is 7.07. The second-order valence-electron chi connectivity index (χ2n) is 3.03. The van der Waals surface area contributed by atoms with Gasteiger partial charge in [0.1, 0.15) is 0 Å². The molecule has 0 saturated carbocycles. The van der Waals surface area contributed by atoms with Gasteiger partial charge in [0, 0.05) is 0 Å². The van der Waals surface area contributed by atoms with Crippen molar-refractivity contribution in [3.8, 4) is 0 Å². The van der Waals surface area contributed by atoms with E-state index in [0.717, 1.165) is 5.92 Å². The molecule has 0 N–H and O–H groups in total. The van der Waals surface area contributed by atoms with E-state index in [1.807, 2.05) is 0 Å². The van der Waals surface area contributed by atoms with Crippen molar-refractivity contribution < 1.29 is 0 Å². The SMILES string of the molecule is CCC(C)CC=C(C)C. The Morgan fingerprint density at radius 2 is 2.00 bits per heavy atom. The molecule has 0 aliphatic carbocycles. The summed E-state index contributed by atoms with van der Waals surface area (Å²) in [5, 5.41) is 0. The van der Waals surface area contributed by atoms with Crippen molar-refractivity contribution >= 4 is 0 Å². The van der Waals surface area contributed by atoms with Crippen LogP contribution in [0.5, 0.6) is 0 Å². The molecule has 0 bridgehead atoms. The Bertz CT molecular complexity index is 86.2. The van der Waals surface area contributed by atoms with Crippen molar-refractivity contribution in [3.63, 3.8) is 0 Å². The van der Waals surface area contributed by atoms with Crippen molar-refractivity contribution in [2.45, 2.75) is 40.5 Å². The van der Waals surface area contributed by atoms with Crippen LogP contribution >= 0.6 is 0 Å². The maximum Gasteiger partial charge on any atom is -0.0322 e. The van der Waals surface area contributed by atoms with Crippen molar-refractivity contribution in [1.29, 1.82) is 0 Å². The second kappa shape index (κ2) is 4.60. The van der Waals surface area contributed by atoms with Crippen LogP contribution < -0.4 is 0 Å². The van der Waals surface area contributed by atoms with Crippen LogP contribution in [0.25, 0.3) is 0 Å². The largest absolute Gasteiger partial charge is 0.0856 e. The van der Waals surface area contributed by atoms with E-state index in [0.29, 0.717) is 0 Å². The summed E-state index contributed by atoms with van der Waals surface area (Å²) in [6.45, 7) is 8.84. The lowest BCUT2D eigenvalue weighted by Crippen LogP contribution is -1.88. The van der Waals surface area contributed by atoms with Crippen LogP contribution in [0.15, 0.2) is 11.6 Å². The first-order valence-electron chi connectivity index (χ1n) is 3.80. The Hall–Kier alpha value is -0.260. The minimum atomic E-state index is 0.861. The first-order chi connectivity index (χ1) is 4.16. The zero-order chi connectivity index (χ0) is 7.28. The third-order valence-corrected chi connectivity index (χ3v) is 1.63. The van der Waals surface area contributed by atoms with Gasteiger partial charge in [0.2, 0.25) is 0 Å². The summed E-state index contributed by atoms with van der Waals surface area (Å²) in [6.07, 6.45) is 4.86. The molecule has 0 aromatic rings. The molecule has 9 heavy (non-hydrogen) atoms. The Labute approximate surface area is 59.0 Å². The average molecular weight is 126 g/mol. The fourth-order valence-corrected chi connectivity index (χ4v) is 0.604. The van der Waals surface area contributed by atoms with Gasteiger partial charge in [-0.25, -0.2) is 0 Å². The van der Waals surface area contributed by atoms with Gasteiger partial charge in [-0.3, -0.25) is 0 Å². The summed E-state index contributed by atoms with van der Waals surface area (Å²) < 4.78 is 0. The van der Waals surface area contributed by atoms with Crippen LogP contribution in [-0.4, -0.2) is 0 Å². The molecule has 0 aromatic heterocycles. The van der Waals surface area contributed by atoms with E-state index < -0.39 is 0 Å². The van der Waals surface area contributed by atoms with E-state index in [-0.39, 0.29) is 0 Å². The summed E-state index contributed by atoms with van der Waals surface area (Å²) >= 11 is 0. The van der Waals surface area contributed by atoms with Crippen molar-refractivity contribution in [2.75, 3.05) is 0 Å². The van der Waals surface area contributed by atoms with Crippen LogP contribution in [0.4, 0.5) is 0 Å². The summed E-state index contributed by atoms with van der Waals surface area (Å²) in [5.41, 5.74) is 1.44. The van der Waals surface area contributed by atoms with Crippen molar-refractivity contribution in [2.24, 2.45) is 5.92 Å². The fraction of sp³-hybridized carbons (Fsp3) is 0.778. The highest BCUT2D eigenvalue weighted by molar-refractivity contribution is 4.93. The van der Waals surface area contributed by atoms with Gasteiger partial charge in [-0.15, -0.1) is 0 Å². The third kappa shape index (κ3) is 5.61. The molecule has 0 rings (SSSR count). The first-order valence-corrected chi connectivity index (χ1v) is 3.80. The lowest BCUT2D eigenvalue weighted by molar-refractivity contribution is 0.570. The molecule has 54 valence electrons. The molecular weight excluding hydrogens is 108 g/mol. The summed E-state index contributed by atoms with van der Waals surface area (Å²) in [4.78, 5) is 0. The van der Waals surface area contributed by atoms with E-state index in [9.17, 15) is 0 Å². The van der Waals surface area contributed by atoms with Gasteiger partial charge < -0.3 is 0 Å². The highest BCUT2D eigenvalue weighted by Crippen LogP contribution is 2.08. The van der Waals surface area contributed by atoms with E-state index >= 15 is 0 Å². The maximum atomic E-state index is 2.31. The molecule has 0 fully saturated rings. The van der Waals surface area contributed by atoms with Crippen LogP contribution in [0.2, 0.25) is 0 Å². The lowest BCUT2D eigenvalue weighted by Gasteiger charge is -2.02. The standard InChI is InChI=1S/C9H18/c1-5-9(4)7-6-8(2)3/h6,9H,5,7H2,1-4H3. The van der Waals surface area contributed by atoms with E-state index in [1.54, 1.807) is 0 Å². The first kappa shape index (κ1) is 8.74. The predicted octanol–water partition coefficient (Wildman–Crippen LogP) is 3.39. The molecular formula is C9H18. The quantitative estimate of drug-likeness (QED) is 0.508. The molecule has 0 radical (unpaired) electrons. The van der Waals surface area contributed by atoms with E-state index in [4.69, 9.17) is 0 Å². The molecule has 0 saturated heterocycles. The highest BCUT2D eigenvalue weighted by Gasteiger charge is 1.93. The normalized spacial score (nSPS) is 12.9. The summed E-state index contributed by atoms with van der Waals surface area (Å²) in [5.74, 6) is 0.861. The molecule has 0 aliphatic heterocycles. The molecule has 0 heterocycles. The van der Waals surface area contributed by atoms with Gasteiger partial charge in [-0.1, -0.05) is 31.9 Å². The van der Waals surface area contributed by atoms with Crippen molar-refractivity contribution in [3.05, 3.63) is 11.6 Å². The van der Waals surface area contributed by atoms with Crippen LogP contribution in [-0.2, 0) is 0 Å². The number of hydrogen-bond acceptors (Lipinski definition) is 0. The Morgan fingerprint density at radius 3 is 2.33 bits per heavy atom. The topological polar surface area (TPSA) is 0 Å². The van der Waals surface area contributed by atoms with Gasteiger partial charge in [0.25, 0.3) is 0 Å². The molecule has 1 unspecified atom stereocenters. The maximum absolute atomic E-state index is 2.31. The fourth-order valence-electron chi connectivity index (χ4n) is 0.604. The molecule has 0 aromatic carbocycles. The average Bonchev–Trinajstić information content (AvgIpc) is 1.83. The van der Waals surface area contributed by atoms with Crippen LogP contribution in [0, 0.1) is 5.92 Å². The summed E-state index contributed by atoms with van der Waals surface area (Å²) in [6, 6.07) is 0. The Balaban J connectivity index is 3.37. The van der Waals surface area contributed by atoms with Gasteiger partial charge >= 0.3 is 0 Å². The highest BCUT2D eigenvalue weighted by atomic mass is 14.0. The zero-order valence-electron chi connectivity index (χ0n) is 7.07. The van der Waals surface area contributed by atoms with E-state index in [1.165, 1.54) is 18.4 Å². The molecule has 0 nitrogen and oxygen atoms in total. The minimum absolute atomic E-state index is 0.861. The summed E-state index contributed by atoms with van der Waals surface area (Å²) in [7, 11) is 0. The van der Waals surface area contributed by atoms with Crippen LogP contribution in [0.1, 0.15) is 40.5 Å². The molecule has 0 heteroatoms.